The van der Waals surface area contributed by atoms with Crippen LogP contribution in [0.2, 0.25) is 10.0 Å². The van der Waals surface area contributed by atoms with Gasteiger partial charge >= 0.3 is 0 Å². The van der Waals surface area contributed by atoms with Crippen LogP contribution in [0.15, 0.2) is 149 Å². The van der Waals surface area contributed by atoms with Gasteiger partial charge in [-0.25, -0.2) is 0 Å². The van der Waals surface area contributed by atoms with Gasteiger partial charge in [-0.3, -0.25) is 19.3 Å². The van der Waals surface area contributed by atoms with Crippen molar-refractivity contribution < 1.29 is 19.1 Å². The highest BCUT2D eigenvalue weighted by Crippen LogP contribution is 2.36. The number of aliphatic imine (C=N–C) groups is 1. The number of amides is 3. The van der Waals surface area contributed by atoms with Crippen molar-refractivity contribution in [1.29, 1.82) is 0 Å². The summed E-state index contributed by atoms with van der Waals surface area (Å²) in [6, 6.07) is 29.4. The normalized spacial score (nSPS) is 14.3. The Bertz CT molecular complexity index is 1990. The maximum absolute atomic E-state index is 14.1. The lowest BCUT2D eigenvalue weighted by atomic mass is 9.99. The fourth-order valence-corrected chi connectivity index (χ4v) is 7.02. The molecule has 0 saturated carbocycles. The summed E-state index contributed by atoms with van der Waals surface area (Å²) >= 11 is 17.1. The summed E-state index contributed by atoms with van der Waals surface area (Å²) in [6.45, 7) is 5.73. The first-order chi connectivity index (χ1) is 24.7. The van der Waals surface area contributed by atoms with E-state index >= 15 is 0 Å². The Kier molecular flexibility index (Phi) is 13.3. The molecule has 3 amide bonds. The second-order valence-corrected chi connectivity index (χ2v) is 13.7. The molecule has 0 saturated heterocycles. The summed E-state index contributed by atoms with van der Waals surface area (Å²) in [5, 5.41) is 4.06. The highest BCUT2D eigenvalue weighted by molar-refractivity contribution is 9.10. The van der Waals surface area contributed by atoms with Crippen LogP contribution in [0.5, 0.6) is 5.75 Å². The van der Waals surface area contributed by atoms with Crippen molar-refractivity contribution in [3.63, 3.8) is 0 Å². The van der Waals surface area contributed by atoms with Gasteiger partial charge in [0.25, 0.3) is 11.8 Å². The molecule has 4 aromatic rings. The van der Waals surface area contributed by atoms with Gasteiger partial charge in [-0.1, -0.05) is 133 Å². The number of nitrogens with one attached hydrogen (secondary N) is 1. The molecule has 0 aliphatic carbocycles. The lowest BCUT2D eigenvalue weighted by Gasteiger charge is -2.28. The van der Waals surface area contributed by atoms with E-state index in [0.29, 0.717) is 26.5 Å². The van der Waals surface area contributed by atoms with Crippen molar-refractivity contribution >= 4 is 79.9 Å². The minimum atomic E-state index is -0.746. The lowest BCUT2D eigenvalue weighted by molar-refractivity contribution is -0.126. The van der Waals surface area contributed by atoms with E-state index in [1.807, 2.05) is 72.8 Å². The molecule has 4 aromatic carbocycles. The fourth-order valence-electron chi connectivity index (χ4n) is 5.10. The molecule has 5 rings (SSSR count). The first-order valence-corrected chi connectivity index (χ1v) is 18.2. The third-order valence-electron chi connectivity index (χ3n) is 7.54. The Balaban J connectivity index is 1.39. The quantitative estimate of drug-likeness (QED) is 0.0876. The van der Waals surface area contributed by atoms with Gasteiger partial charge in [0, 0.05) is 10.7 Å². The summed E-state index contributed by atoms with van der Waals surface area (Å²) in [5.74, 6) is -1.36. The Morgan fingerprint density at radius 2 is 1.65 bits per heavy atom. The van der Waals surface area contributed by atoms with Crippen molar-refractivity contribution in [1.82, 2.24) is 10.2 Å². The van der Waals surface area contributed by atoms with E-state index in [-0.39, 0.29) is 34.0 Å². The van der Waals surface area contributed by atoms with E-state index in [1.54, 1.807) is 55.5 Å². The minimum absolute atomic E-state index is 0.0697. The summed E-state index contributed by atoms with van der Waals surface area (Å²) in [6.07, 6.45) is 8.06. The van der Waals surface area contributed by atoms with Crippen LogP contribution in [0.1, 0.15) is 35.2 Å². The first-order valence-electron chi connectivity index (χ1n) is 15.7. The number of thioether (sulfide) groups is 1. The molecule has 11 heteroatoms. The maximum Gasteiger partial charge on any atom is 0.285 e. The van der Waals surface area contributed by atoms with Crippen LogP contribution in [-0.4, -0.2) is 33.5 Å². The minimum Gasteiger partial charge on any atom is -0.486 e. The third-order valence-corrected chi connectivity index (χ3v) is 9.60. The van der Waals surface area contributed by atoms with E-state index < -0.39 is 17.9 Å². The maximum atomic E-state index is 14.1. The van der Waals surface area contributed by atoms with Crippen LogP contribution in [0.4, 0.5) is 0 Å². The lowest BCUT2D eigenvalue weighted by Crippen LogP contribution is -2.42. The molecule has 1 aliphatic heterocycles. The van der Waals surface area contributed by atoms with Gasteiger partial charge in [-0.05, 0) is 81.5 Å². The van der Waals surface area contributed by atoms with Gasteiger partial charge in [0.2, 0.25) is 5.91 Å². The largest absolute Gasteiger partial charge is 0.486 e. The summed E-state index contributed by atoms with van der Waals surface area (Å²) in [4.78, 5) is 46.5. The molecule has 0 spiro atoms. The smallest absolute Gasteiger partial charge is 0.285 e. The summed E-state index contributed by atoms with van der Waals surface area (Å²) in [5.41, 5.74) is 3.47. The molecule has 0 radical (unpaired) electrons. The Morgan fingerprint density at radius 1 is 1.00 bits per heavy atom. The van der Waals surface area contributed by atoms with Crippen LogP contribution in [0, 0.1) is 0 Å². The van der Waals surface area contributed by atoms with Crippen molar-refractivity contribution in [2.24, 2.45) is 4.99 Å². The molecule has 0 aromatic heterocycles. The van der Waals surface area contributed by atoms with Gasteiger partial charge < -0.3 is 10.1 Å². The van der Waals surface area contributed by atoms with Gasteiger partial charge in [0.1, 0.15) is 12.2 Å². The molecule has 258 valence electrons. The molecule has 1 aliphatic rings. The zero-order chi connectivity index (χ0) is 36.3. The molecular weight excluding hydrogens is 769 g/mol. The average molecular weight is 802 g/mol. The fraction of sp³-hybridized carbons (Fsp3) is 0.100. The molecule has 1 N–H and O–H groups in total. The molecule has 0 fully saturated rings. The number of hydrogen-bond donors (Lipinski definition) is 1. The second kappa shape index (κ2) is 18.0. The van der Waals surface area contributed by atoms with E-state index in [1.165, 1.54) is 11.0 Å². The molecule has 1 heterocycles. The van der Waals surface area contributed by atoms with Crippen LogP contribution in [-0.2, 0) is 21.0 Å². The number of carbonyl (C=O) groups is 3. The number of carbonyl (C=O) groups excluding carboxylic acids is 3. The van der Waals surface area contributed by atoms with Crippen molar-refractivity contribution in [2.45, 2.75) is 19.6 Å². The van der Waals surface area contributed by atoms with Crippen LogP contribution >= 0.6 is 50.9 Å². The number of hydrogen-bond acceptors (Lipinski definition) is 5. The number of allylic oxidation sites excluding steroid dienone is 4. The number of ether oxygens (including phenoxy) is 1. The summed E-state index contributed by atoms with van der Waals surface area (Å²) in [7, 11) is 0. The monoisotopic (exact) mass is 799 g/mol. The zero-order valence-corrected chi connectivity index (χ0v) is 31.3. The van der Waals surface area contributed by atoms with Crippen LogP contribution < -0.4 is 10.1 Å². The van der Waals surface area contributed by atoms with Crippen molar-refractivity contribution in [3.8, 4) is 5.75 Å². The van der Waals surface area contributed by atoms with Gasteiger partial charge in [0.15, 0.2) is 10.9 Å². The molecule has 51 heavy (non-hydrogen) atoms. The molecule has 7 nitrogen and oxygen atoms in total. The van der Waals surface area contributed by atoms with E-state index in [0.717, 1.165) is 28.5 Å². The zero-order valence-electron chi connectivity index (χ0n) is 27.4. The Hall–Kier alpha value is -4.67. The van der Waals surface area contributed by atoms with E-state index in [2.05, 4.69) is 32.8 Å². The molecule has 0 bridgehead atoms. The first kappa shape index (κ1) is 37.6. The van der Waals surface area contributed by atoms with Crippen LogP contribution in [0.3, 0.4) is 0 Å². The number of rotatable bonds is 12. The molecule has 0 atom stereocenters. The summed E-state index contributed by atoms with van der Waals surface area (Å²) < 4.78 is 6.48. The van der Waals surface area contributed by atoms with E-state index in [9.17, 15) is 14.4 Å². The topological polar surface area (TPSA) is 88.1 Å². The third kappa shape index (κ3) is 9.77. The van der Waals surface area contributed by atoms with Gasteiger partial charge in [0.05, 0.1) is 21.3 Å². The van der Waals surface area contributed by atoms with Gasteiger partial charge in [-0.2, -0.15) is 4.99 Å². The van der Waals surface area contributed by atoms with Crippen LogP contribution in [0.25, 0.3) is 6.08 Å². The van der Waals surface area contributed by atoms with Crippen molar-refractivity contribution in [2.75, 3.05) is 5.75 Å². The van der Waals surface area contributed by atoms with E-state index in [4.69, 9.17) is 27.9 Å². The predicted molar refractivity (Wildman–Crippen MR) is 211 cm³/mol. The van der Waals surface area contributed by atoms with Gasteiger partial charge in [-0.15, -0.1) is 0 Å². The number of nitrogens with zero attached hydrogens (tertiary/aromatic N) is 2. The second-order valence-electron chi connectivity index (χ2n) is 11.0. The highest BCUT2D eigenvalue weighted by atomic mass is 79.9. The number of amidine groups is 1. The Labute approximate surface area is 319 Å². The molecular formula is C40H32BrCl2N3O4S. The number of halogens is 3. The SMILES string of the molecule is C=C/C=C\C(=C/C)N1C(=O)/C(=C/c2cc(Cl)c(OCc3ccc(Cl)cc3)c(Br)c2)C(=O)N=C1SCC(=O)NC(c1ccccc1)c1ccccc1. The predicted octanol–water partition coefficient (Wildman–Crippen LogP) is 9.73. The highest BCUT2D eigenvalue weighted by Gasteiger charge is 2.35. The van der Waals surface area contributed by atoms with Crippen molar-refractivity contribution in [3.05, 3.63) is 176 Å². The number of benzene rings is 4. The standard InChI is InChI=1S/C40H32BrCl2N3O4S/c1-3-5-16-31(4-2)46-39(49)32(21-27-22-33(41)37(34(43)23-27)50-24-26-17-19-30(42)20-18-26)38(48)45-40(46)51-25-35(47)44-36(28-12-8-6-9-13-28)29-14-10-7-11-15-29/h3-23,36H,1,24-25H2,2H3,(H,44,47)/b16-5-,31-4+,32-21+. The Morgan fingerprint density at radius 3 is 2.24 bits per heavy atom. The molecule has 0 unspecified atom stereocenters. The average Bonchev–Trinajstić information content (AvgIpc) is 3.13.